The maximum Gasteiger partial charge on any atom is 0.217 e. The molecular formula is C11H18BrNO. The number of halogens is 1. The van der Waals surface area contributed by atoms with Gasteiger partial charge in [0.2, 0.25) is 5.91 Å². The molecule has 0 unspecified atom stereocenters. The Morgan fingerprint density at radius 2 is 1.64 bits per heavy atom. The molecule has 0 aromatic carbocycles. The van der Waals surface area contributed by atoms with Gasteiger partial charge in [-0.3, -0.25) is 4.79 Å². The molecule has 0 atom stereocenters. The van der Waals surface area contributed by atoms with E-state index in [0.717, 1.165) is 19.3 Å². The first-order chi connectivity index (χ1) is 6.77. The SMILES string of the molecule is NC(=O)CCCCCCCCC#CBr. The molecule has 3 heteroatoms. The van der Waals surface area contributed by atoms with Crippen molar-refractivity contribution in [1.82, 2.24) is 0 Å². The molecule has 0 aromatic heterocycles. The molecule has 0 bridgehead atoms. The number of primary amides is 1. The maximum absolute atomic E-state index is 10.4. The molecule has 0 saturated heterocycles. The Bertz CT molecular complexity index is 205. The van der Waals surface area contributed by atoms with Gasteiger partial charge in [0.25, 0.3) is 0 Å². The monoisotopic (exact) mass is 259 g/mol. The van der Waals surface area contributed by atoms with Crippen LogP contribution in [-0.4, -0.2) is 5.91 Å². The number of carbonyl (C=O) groups excluding carboxylic acids is 1. The highest BCUT2D eigenvalue weighted by atomic mass is 79.9. The lowest BCUT2D eigenvalue weighted by molar-refractivity contribution is -0.118. The average molecular weight is 260 g/mol. The third-order valence-electron chi connectivity index (χ3n) is 2.04. The van der Waals surface area contributed by atoms with Gasteiger partial charge in [-0.2, -0.15) is 0 Å². The summed E-state index contributed by atoms with van der Waals surface area (Å²) in [6, 6.07) is 0. The molecule has 0 aromatic rings. The molecule has 0 aliphatic heterocycles. The molecule has 0 heterocycles. The summed E-state index contributed by atoms with van der Waals surface area (Å²) in [7, 11) is 0. The molecule has 0 aliphatic rings. The van der Waals surface area contributed by atoms with E-state index in [1.165, 1.54) is 25.7 Å². The minimum Gasteiger partial charge on any atom is -0.370 e. The topological polar surface area (TPSA) is 43.1 Å². The summed E-state index contributed by atoms with van der Waals surface area (Å²) in [4.78, 5) is 13.1. The van der Waals surface area contributed by atoms with Crippen LogP contribution in [0.1, 0.15) is 51.4 Å². The van der Waals surface area contributed by atoms with E-state index in [2.05, 4.69) is 26.7 Å². The number of hydrogen-bond acceptors (Lipinski definition) is 1. The minimum atomic E-state index is -0.183. The number of carbonyl (C=O) groups is 1. The summed E-state index contributed by atoms with van der Waals surface area (Å²) in [5, 5.41) is 0. The third kappa shape index (κ3) is 11.5. The van der Waals surface area contributed by atoms with Crippen LogP contribution in [0.3, 0.4) is 0 Å². The highest BCUT2D eigenvalue weighted by Gasteiger charge is 1.94. The van der Waals surface area contributed by atoms with Gasteiger partial charge in [0.15, 0.2) is 0 Å². The molecule has 0 radical (unpaired) electrons. The standard InChI is InChI=1S/C11H18BrNO/c12-10-8-6-4-2-1-3-5-7-9-11(13)14/h1-7,9H2,(H2,13,14). The van der Waals surface area contributed by atoms with Crippen molar-refractivity contribution in [3.63, 3.8) is 0 Å². The quantitative estimate of drug-likeness (QED) is 0.529. The third-order valence-corrected chi connectivity index (χ3v) is 2.32. The van der Waals surface area contributed by atoms with E-state index in [9.17, 15) is 4.79 Å². The summed E-state index contributed by atoms with van der Waals surface area (Å²) in [5.41, 5.74) is 5.03. The van der Waals surface area contributed by atoms with Crippen LogP contribution in [0, 0.1) is 10.8 Å². The van der Waals surface area contributed by atoms with Crippen LogP contribution in [0.5, 0.6) is 0 Å². The molecule has 1 amide bonds. The van der Waals surface area contributed by atoms with Gasteiger partial charge in [-0.25, -0.2) is 0 Å². The highest BCUT2D eigenvalue weighted by molar-refractivity contribution is 9.12. The van der Waals surface area contributed by atoms with Gasteiger partial charge in [-0.05, 0) is 17.7 Å². The number of rotatable bonds is 8. The van der Waals surface area contributed by atoms with Gasteiger partial charge in [-0.15, -0.1) is 0 Å². The van der Waals surface area contributed by atoms with Gasteiger partial charge < -0.3 is 5.73 Å². The van der Waals surface area contributed by atoms with Crippen molar-refractivity contribution in [3.8, 4) is 10.8 Å². The highest BCUT2D eigenvalue weighted by Crippen LogP contribution is 2.07. The van der Waals surface area contributed by atoms with Gasteiger partial charge in [0.1, 0.15) is 0 Å². The minimum absolute atomic E-state index is 0.183. The normalized spacial score (nSPS) is 9.21. The van der Waals surface area contributed by atoms with E-state index in [1.807, 2.05) is 0 Å². The fourth-order valence-electron chi connectivity index (χ4n) is 1.27. The largest absolute Gasteiger partial charge is 0.370 e. The summed E-state index contributed by atoms with van der Waals surface area (Å²) in [5.74, 6) is 2.79. The van der Waals surface area contributed by atoms with Crippen LogP contribution in [0.15, 0.2) is 0 Å². The zero-order chi connectivity index (χ0) is 10.6. The molecule has 0 spiro atoms. The molecule has 80 valence electrons. The molecule has 0 aliphatic carbocycles. The maximum atomic E-state index is 10.4. The van der Waals surface area contributed by atoms with Crippen molar-refractivity contribution < 1.29 is 4.79 Å². The lowest BCUT2D eigenvalue weighted by atomic mass is 10.1. The van der Waals surface area contributed by atoms with E-state index in [-0.39, 0.29) is 5.91 Å². The van der Waals surface area contributed by atoms with Crippen molar-refractivity contribution in [1.29, 1.82) is 0 Å². The van der Waals surface area contributed by atoms with Crippen molar-refractivity contribution in [3.05, 3.63) is 0 Å². The first-order valence-electron chi connectivity index (χ1n) is 5.14. The lowest BCUT2D eigenvalue weighted by Gasteiger charge is -1.98. The second-order valence-corrected chi connectivity index (χ2v) is 3.76. The van der Waals surface area contributed by atoms with Crippen molar-refractivity contribution >= 4 is 21.8 Å². The van der Waals surface area contributed by atoms with Crippen molar-refractivity contribution in [2.45, 2.75) is 51.4 Å². The predicted molar refractivity (Wildman–Crippen MR) is 62.8 cm³/mol. The van der Waals surface area contributed by atoms with Gasteiger partial charge in [-0.1, -0.05) is 31.6 Å². The van der Waals surface area contributed by atoms with Crippen LogP contribution < -0.4 is 5.73 Å². The lowest BCUT2D eigenvalue weighted by Crippen LogP contribution is -2.09. The molecular weight excluding hydrogens is 242 g/mol. The fourth-order valence-corrected chi connectivity index (χ4v) is 1.47. The second kappa shape index (κ2) is 10.6. The van der Waals surface area contributed by atoms with Gasteiger partial charge in [0, 0.05) is 28.8 Å². The Hall–Kier alpha value is -0.490. The fraction of sp³-hybridized carbons (Fsp3) is 0.727. The van der Waals surface area contributed by atoms with Gasteiger partial charge in [0.05, 0.1) is 0 Å². The number of amides is 1. The Morgan fingerprint density at radius 3 is 2.21 bits per heavy atom. The Balaban J connectivity index is 2.98. The number of unbranched alkanes of at least 4 members (excludes halogenated alkanes) is 6. The summed E-state index contributed by atoms with van der Waals surface area (Å²) in [6.45, 7) is 0. The molecule has 0 rings (SSSR count). The van der Waals surface area contributed by atoms with Crippen LogP contribution in [-0.2, 0) is 4.79 Å². The Morgan fingerprint density at radius 1 is 1.07 bits per heavy atom. The van der Waals surface area contributed by atoms with Crippen LogP contribution in [0.2, 0.25) is 0 Å². The van der Waals surface area contributed by atoms with Crippen LogP contribution in [0.4, 0.5) is 0 Å². The van der Waals surface area contributed by atoms with Crippen molar-refractivity contribution in [2.75, 3.05) is 0 Å². The van der Waals surface area contributed by atoms with Crippen molar-refractivity contribution in [2.24, 2.45) is 5.73 Å². The van der Waals surface area contributed by atoms with E-state index in [0.29, 0.717) is 6.42 Å². The van der Waals surface area contributed by atoms with Crippen LogP contribution >= 0.6 is 15.9 Å². The Labute approximate surface area is 94.8 Å². The zero-order valence-electron chi connectivity index (χ0n) is 8.52. The molecule has 2 N–H and O–H groups in total. The van der Waals surface area contributed by atoms with Crippen LogP contribution in [0.25, 0.3) is 0 Å². The Kier molecular flexibility index (Phi) is 10.2. The van der Waals surface area contributed by atoms with E-state index >= 15 is 0 Å². The van der Waals surface area contributed by atoms with E-state index in [4.69, 9.17) is 5.73 Å². The second-order valence-electron chi connectivity index (χ2n) is 3.36. The summed E-state index contributed by atoms with van der Waals surface area (Å²) >= 11 is 3.06. The smallest absolute Gasteiger partial charge is 0.217 e. The average Bonchev–Trinajstić information content (AvgIpc) is 2.15. The zero-order valence-corrected chi connectivity index (χ0v) is 10.1. The molecule has 0 saturated carbocycles. The first-order valence-corrected chi connectivity index (χ1v) is 5.93. The summed E-state index contributed by atoms with van der Waals surface area (Å²) < 4.78 is 0. The summed E-state index contributed by atoms with van der Waals surface area (Å²) in [6.07, 6.45) is 8.43. The molecule has 2 nitrogen and oxygen atoms in total. The predicted octanol–water partition coefficient (Wildman–Crippen LogP) is 2.95. The number of nitrogens with two attached hydrogens (primary N) is 1. The van der Waals surface area contributed by atoms with E-state index in [1.54, 1.807) is 0 Å². The number of hydrogen-bond donors (Lipinski definition) is 1. The van der Waals surface area contributed by atoms with Gasteiger partial charge >= 0.3 is 0 Å². The molecule has 14 heavy (non-hydrogen) atoms. The van der Waals surface area contributed by atoms with E-state index < -0.39 is 0 Å². The first kappa shape index (κ1) is 13.5. The molecule has 0 fully saturated rings.